The Bertz CT molecular complexity index is 974. The Kier molecular flexibility index (Phi) is 6.09. The van der Waals surface area contributed by atoms with Gasteiger partial charge in [0, 0.05) is 24.2 Å². The van der Waals surface area contributed by atoms with Crippen molar-refractivity contribution in [1.29, 1.82) is 0 Å². The lowest BCUT2D eigenvalue weighted by Gasteiger charge is -2.11. The average molecular weight is 378 g/mol. The van der Waals surface area contributed by atoms with E-state index in [1.165, 1.54) is 0 Å². The normalized spacial score (nSPS) is 11.0. The predicted octanol–water partition coefficient (Wildman–Crippen LogP) is 4.22. The van der Waals surface area contributed by atoms with Gasteiger partial charge in [0.05, 0.1) is 11.0 Å². The molecule has 2 N–H and O–H groups in total. The zero-order chi connectivity index (χ0) is 20.1. The summed E-state index contributed by atoms with van der Waals surface area (Å²) < 4.78 is 1.95. The first kappa shape index (κ1) is 19.6. The van der Waals surface area contributed by atoms with Crippen molar-refractivity contribution in [2.45, 2.75) is 40.2 Å². The summed E-state index contributed by atoms with van der Waals surface area (Å²) in [5, 5.41) is 5.77. The molecule has 0 bridgehead atoms. The van der Waals surface area contributed by atoms with E-state index in [4.69, 9.17) is 0 Å². The largest absolute Gasteiger partial charge is 0.326 e. The van der Waals surface area contributed by atoms with E-state index in [0.29, 0.717) is 18.0 Å². The fraction of sp³-hybridized carbons (Fsp3) is 0.318. The minimum atomic E-state index is -0.116. The Labute approximate surface area is 165 Å². The first-order valence-corrected chi connectivity index (χ1v) is 9.60. The molecule has 2 amide bonds. The molecule has 0 saturated heterocycles. The van der Waals surface area contributed by atoms with Gasteiger partial charge < -0.3 is 15.2 Å². The second-order valence-electron chi connectivity index (χ2n) is 7.23. The van der Waals surface area contributed by atoms with Crippen LogP contribution in [-0.2, 0) is 22.6 Å². The molecule has 2 aromatic carbocycles. The van der Waals surface area contributed by atoms with Crippen LogP contribution in [0, 0.1) is 5.92 Å². The number of aryl methyl sites for hydroxylation is 1. The van der Waals surface area contributed by atoms with Gasteiger partial charge in [0.2, 0.25) is 11.8 Å². The van der Waals surface area contributed by atoms with Gasteiger partial charge in [-0.2, -0.15) is 0 Å². The number of para-hydroxylation sites is 2. The lowest BCUT2D eigenvalue weighted by atomic mass is 10.1. The van der Waals surface area contributed by atoms with Crippen molar-refractivity contribution < 1.29 is 9.59 Å². The van der Waals surface area contributed by atoms with E-state index in [-0.39, 0.29) is 18.4 Å². The SMILES string of the molecule is CCc1nc2ccccc2n1CC(=O)Nc1ccc(NC(=O)CC(C)C)cc1. The molecule has 0 aliphatic heterocycles. The van der Waals surface area contributed by atoms with Crippen LogP contribution in [0.3, 0.4) is 0 Å². The van der Waals surface area contributed by atoms with Crippen LogP contribution in [0.4, 0.5) is 11.4 Å². The third-order valence-corrected chi connectivity index (χ3v) is 4.40. The van der Waals surface area contributed by atoms with Crippen molar-refractivity contribution in [1.82, 2.24) is 9.55 Å². The van der Waals surface area contributed by atoms with Crippen LogP contribution in [0.1, 0.15) is 33.0 Å². The maximum Gasteiger partial charge on any atom is 0.244 e. The van der Waals surface area contributed by atoms with Crippen LogP contribution >= 0.6 is 0 Å². The van der Waals surface area contributed by atoms with Crippen molar-refractivity contribution in [2.24, 2.45) is 5.92 Å². The van der Waals surface area contributed by atoms with Crippen LogP contribution in [0.25, 0.3) is 11.0 Å². The average Bonchev–Trinajstić information content (AvgIpc) is 3.00. The van der Waals surface area contributed by atoms with Crippen LogP contribution in [-0.4, -0.2) is 21.4 Å². The molecule has 0 atom stereocenters. The molecule has 28 heavy (non-hydrogen) atoms. The lowest BCUT2D eigenvalue weighted by molar-refractivity contribution is -0.117. The Morgan fingerprint density at radius 3 is 2.18 bits per heavy atom. The third kappa shape index (κ3) is 4.76. The quantitative estimate of drug-likeness (QED) is 0.646. The summed E-state index contributed by atoms with van der Waals surface area (Å²) >= 11 is 0. The number of fused-ring (bicyclic) bond motifs is 1. The molecule has 0 unspecified atom stereocenters. The van der Waals surface area contributed by atoms with Crippen molar-refractivity contribution in [3.63, 3.8) is 0 Å². The Balaban J connectivity index is 1.65. The highest BCUT2D eigenvalue weighted by molar-refractivity contribution is 5.93. The lowest BCUT2D eigenvalue weighted by Crippen LogP contribution is -2.20. The molecule has 1 heterocycles. The molecule has 3 aromatic rings. The highest BCUT2D eigenvalue weighted by atomic mass is 16.2. The van der Waals surface area contributed by atoms with E-state index in [1.54, 1.807) is 24.3 Å². The van der Waals surface area contributed by atoms with Gasteiger partial charge in [0.25, 0.3) is 0 Å². The Morgan fingerprint density at radius 1 is 0.964 bits per heavy atom. The van der Waals surface area contributed by atoms with Crippen LogP contribution in [0.5, 0.6) is 0 Å². The van der Waals surface area contributed by atoms with E-state index >= 15 is 0 Å². The van der Waals surface area contributed by atoms with Crippen LogP contribution < -0.4 is 10.6 Å². The number of anilines is 2. The topological polar surface area (TPSA) is 76.0 Å². The van der Waals surface area contributed by atoms with Gasteiger partial charge in [0.1, 0.15) is 12.4 Å². The molecule has 146 valence electrons. The molecule has 0 spiro atoms. The second kappa shape index (κ2) is 8.69. The maximum atomic E-state index is 12.5. The van der Waals surface area contributed by atoms with Gasteiger partial charge in [-0.05, 0) is 42.3 Å². The number of rotatable bonds is 7. The minimum Gasteiger partial charge on any atom is -0.326 e. The van der Waals surface area contributed by atoms with Gasteiger partial charge in [-0.1, -0.05) is 32.9 Å². The van der Waals surface area contributed by atoms with Gasteiger partial charge in [0.15, 0.2) is 0 Å². The molecule has 0 fully saturated rings. The number of nitrogens with one attached hydrogen (secondary N) is 2. The number of amides is 2. The molecule has 0 radical (unpaired) electrons. The molecule has 1 aromatic heterocycles. The number of aromatic nitrogens is 2. The smallest absolute Gasteiger partial charge is 0.244 e. The fourth-order valence-corrected chi connectivity index (χ4v) is 3.14. The summed E-state index contributed by atoms with van der Waals surface area (Å²) in [6, 6.07) is 15.0. The van der Waals surface area contributed by atoms with Crippen LogP contribution in [0.15, 0.2) is 48.5 Å². The first-order valence-electron chi connectivity index (χ1n) is 9.60. The maximum absolute atomic E-state index is 12.5. The fourth-order valence-electron chi connectivity index (χ4n) is 3.14. The van der Waals surface area contributed by atoms with Crippen LogP contribution in [0.2, 0.25) is 0 Å². The van der Waals surface area contributed by atoms with E-state index in [1.807, 2.05) is 49.6 Å². The summed E-state index contributed by atoms with van der Waals surface area (Å²) in [4.78, 5) is 29.0. The molecular formula is C22H26N4O2. The summed E-state index contributed by atoms with van der Waals surface area (Å²) in [7, 11) is 0. The first-order chi connectivity index (χ1) is 13.5. The third-order valence-electron chi connectivity index (χ3n) is 4.40. The van der Waals surface area contributed by atoms with E-state index in [9.17, 15) is 9.59 Å². The summed E-state index contributed by atoms with van der Waals surface area (Å²) in [6.45, 7) is 6.25. The highest BCUT2D eigenvalue weighted by Crippen LogP contribution is 2.18. The highest BCUT2D eigenvalue weighted by Gasteiger charge is 2.12. The number of benzene rings is 2. The summed E-state index contributed by atoms with van der Waals surface area (Å²) in [6.07, 6.45) is 1.24. The monoisotopic (exact) mass is 378 g/mol. The van der Waals surface area contributed by atoms with Gasteiger partial charge in [-0.25, -0.2) is 4.98 Å². The molecule has 0 aliphatic rings. The van der Waals surface area contributed by atoms with E-state index in [2.05, 4.69) is 15.6 Å². The number of hydrogen-bond donors (Lipinski definition) is 2. The summed E-state index contributed by atoms with van der Waals surface area (Å²) in [5.41, 5.74) is 3.26. The summed E-state index contributed by atoms with van der Waals surface area (Å²) in [5.74, 6) is 1.07. The van der Waals surface area contributed by atoms with Gasteiger partial charge >= 0.3 is 0 Å². The molecule has 6 heteroatoms. The number of nitrogens with zero attached hydrogens (tertiary/aromatic N) is 2. The number of hydrogen-bond acceptors (Lipinski definition) is 3. The van der Waals surface area contributed by atoms with Crippen molar-refractivity contribution in [3.05, 3.63) is 54.4 Å². The Morgan fingerprint density at radius 2 is 1.57 bits per heavy atom. The second-order valence-corrected chi connectivity index (χ2v) is 7.23. The van der Waals surface area contributed by atoms with Gasteiger partial charge in [-0.3, -0.25) is 9.59 Å². The minimum absolute atomic E-state index is 0.00846. The van der Waals surface area contributed by atoms with Gasteiger partial charge in [-0.15, -0.1) is 0 Å². The standard InChI is InChI=1S/C22H26N4O2/c1-4-20-25-18-7-5-6-8-19(18)26(20)14-22(28)24-17-11-9-16(10-12-17)23-21(27)13-15(2)3/h5-12,15H,4,13-14H2,1-3H3,(H,23,27)(H,24,28). The van der Waals surface area contributed by atoms with Crippen molar-refractivity contribution in [2.75, 3.05) is 10.6 Å². The molecule has 3 rings (SSSR count). The predicted molar refractivity (Wildman–Crippen MR) is 112 cm³/mol. The van der Waals surface area contributed by atoms with E-state index in [0.717, 1.165) is 29.0 Å². The number of carbonyl (C=O) groups is 2. The zero-order valence-corrected chi connectivity index (χ0v) is 16.5. The molecule has 6 nitrogen and oxygen atoms in total. The van der Waals surface area contributed by atoms with Crippen molar-refractivity contribution in [3.8, 4) is 0 Å². The molecule has 0 saturated carbocycles. The number of imidazole rings is 1. The zero-order valence-electron chi connectivity index (χ0n) is 16.5. The van der Waals surface area contributed by atoms with E-state index < -0.39 is 0 Å². The Hall–Kier alpha value is -3.15. The number of carbonyl (C=O) groups excluding carboxylic acids is 2. The molecule has 0 aliphatic carbocycles. The van der Waals surface area contributed by atoms with Crippen molar-refractivity contribution >= 4 is 34.2 Å². The molecular weight excluding hydrogens is 352 g/mol.